The van der Waals surface area contributed by atoms with Gasteiger partial charge in [0.1, 0.15) is 12.6 Å². The molecule has 0 radical (unpaired) electrons. The first-order valence-corrected chi connectivity index (χ1v) is 25.1. The van der Waals surface area contributed by atoms with Gasteiger partial charge in [0.2, 0.25) is 0 Å². The van der Waals surface area contributed by atoms with Gasteiger partial charge in [-0.15, -0.1) is 0 Å². The molecule has 0 N–H and O–H groups in total. The van der Waals surface area contributed by atoms with Gasteiger partial charge in [0.05, 0.1) is 40.3 Å². The van der Waals surface area contributed by atoms with E-state index in [1.807, 2.05) is 0 Å². The fourth-order valence-electron chi connectivity index (χ4n) is 6.91. The van der Waals surface area contributed by atoms with Crippen LogP contribution >= 0.6 is 0 Å². The standard InChI is InChI=1S/C55H93NO7/c1-6-8-10-12-14-16-18-20-22-24-25-26-27-28-29-30-32-33-35-37-39-41-43-45-53(57)62-50-51(49-61-48-47-52(55(59)60)56(3,4)5)63-54(58)46-44-42-40-38-36-34-31-23-21-19-17-15-13-11-9-7-2/h8,10,14,16,20,22-23,25-26,28-29,31,34,36,51-52H,6-7,9,11-13,15,17-19,21,24,27,30,32-33,35,37-50H2,1-5H3/b10-8+,16-14+,22-20+,26-25+,29-28+,31-23+,36-34+. The molecule has 0 aliphatic heterocycles. The summed E-state index contributed by atoms with van der Waals surface area (Å²) in [7, 11) is 5.39. The zero-order chi connectivity index (χ0) is 46.3. The van der Waals surface area contributed by atoms with Crippen LogP contribution in [-0.2, 0) is 28.6 Å². The molecule has 8 heteroatoms. The summed E-state index contributed by atoms with van der Waals surface area (Å²) in [5.41, 5.74) is 0. The highest BCUT2D eigenvalue weighted by molar-refractivity contribution is 5.70. The molecule has 0 fully saturated rings. The number of esters is 2. The number of allylic oxidation sites excluding steroid dienone is 14. The quantitative estimate of drug-likeness (QED) is 0.0197. The van der Waals surface area contributed by atoms with Gasteiger partial charge in [-0.3, -0.25) is 9.59 Å². The van der Waals surface area contributed by atoms with Crippen molar-refractivity contribution in [2.45, 2.75) is 206 Å². The van der Waals surface area contributed by atoms with Crippen LogP contribution < -0.4 is 5.11 Å². The van der Waals surface area contributed by atoms with E-state index in [0.717, 1.165) is 96.3 Å². The molecule has 0 amide bonds. The summed E-state index contributed by atoms with van der Waals surface area (Å²) in [6.45, 7) is 4.50. The predicted molar refractivity (Wildman–Crippen MR) is 263 cm³/mol. The maximum absolute atomic E-state index is 12.8. The maximum atomic E-state index is 12.8. The second-order valence-corrected chi connectivity index (χ2v) is 17.7. The number of aliphatic carboxylic acids is 1. The molecule has 0 aliphatic rings. The molecule has 0 spiro atoms. The Kier molecular flexibility index (Phi) is 42.6. The normalized spacial score (nSPS) is 13.6. The summed E-state index contributed by atoms with van der Waals surface area (Å²) in [4.78, 5) is 37.0. The van der Waals surface area contributed by atoms with E-state index in [9.17, 15) is 19.5 Å². The third-order valence-electron chi connectivity index (χ3n) is 10.8. The lowest BCUT2D eigenvalue weighted by Gasteiger charge is -2.34. The van der Waals surface area contributed by atoms with Crippen LogP contribution in [0, 0.1) is 0 Å². The van der Waals surface area contributed by atoms with Crippen molar-refractivity contribution >= 4 is 17.9 Å². The molecule has 360 valence electrons. The molecule has 0 saturated carbocycles. The van der Waals surface area contributed by atoms with Crippen molar-refractivity contribution in [2.75, 3.05) is 41.0 Å². The monoisotopic (exact) mass is 880 g/mol. The Hall–Kier alpha value is -3.49. The van der Waals surface area contributed by atoms with Gasteiger partial charge in [0.25, 0.3) is 0 Å². The number of likely N-dealkylation sites (N-methyl/N-ethyl adjacent to an activating group) is 1. The van der Waals surface area contributed by atoms with Crippen LogP contribution in [0.25, 0.3) is 0 Å². The van der Waals surface area contributed by atoms with Gasteiger partial charge in [-0.1, -0.05) is 176 Å². The highest BCUT2D eigenvalue weighted by Crippen LogP contribution is 2.13. The van der Waals surface area contributed by atoms with Crippen LogP contribution in [0.2, 0.25) is 0 Å². The lowest BCUT2D eigenvalue weighted by molar-refractivity contribution is -0.889. The highest BCUT2D eigenvalue weighted by atomic mass is 16.6. The van der Waals surface area contributed by atoms with Gasteiger partial charge in [-0.05, 0) is 83.5 Å². The summed E-state index contributed by atoms with van der Waals surface area (Å²) in [6.07, 6.45) is 59.0. The number of unbranched alkanes of at least 4 members (excludes halogenated alkanes) is 17. The molecule has 0 saturated heterocycles. The third kappa shape index (κ3) is 43.5. The van der Waals surface area contributed by atoms with Gasteiger partial charge in [0.15, 0.2) is 6.10 Å². The molecule has 0 aliphatic carbocycles. The number of rotatable bonds is 44. The van der Waals surface area contributed by atoms with E-state index in [1.54, 1.807) is 21.1 Å². The molecule has 63 heavy (non-hydrogen) atoms. The number of nitrogens with zero attached hydrogens (tertiary/aromatic N) is 1. The minimum Gasteiger partial charge on any atom is -0.544 e. The summed E-state index contributed by atoms with van der Waals surface area (Å²) >= 11 is 0. The maximum Gasteiger partial charge on any atom is 0.306 e. The zero-order valence-corrected chi connectivity index (χ0v) is 41.0. The second-order valence-electron chi connectivity index (χ2n) is 17.7. The Morgan fingerprint density at radius 3 is 1.43 bits per heavy atom. The molecule has 0 aromatic heterocycles. The van der Waals surface area contributed by atoms with E-state index in [2.05, 4.69) is 98.9 Å². The molecule has 0 heterocycles. The number of hydrogen-bond donors (Lipinski definition) is 0. The van der Waals surface area contributed by atoms with Crippen molar-refractivity contribution in [2.24, 2.45) is 0 Å². The molecule has 0 rings (SSSR count). The van der Waals surface area contributed by atoms with Crippen molar-refractivity contribution in [3.63, 3.8) is 0 Å². The van der Waals surface area contributed by atoms with Crippen LogP contribution in [0.3, 0.4) is 0 Å². The smallest absolute Gasteiger partial charge is 0.306 e. The fourth-order valence-corrected chi connectivity index (χ4v) is 6.91. The Balaban J connectivity index is 4.32. The van der Waals surface area contributed by atoms with E-state index in [1.165, 1.54) is 64.2 Å². The Bertz CT molecular complexity index is 1300. The van der Waals surface area contributed by atoms with E-state index in [-0.39, 0.29) is 49.1 Å². The number of carbonyl (C=O) groups excluding carboxylic acids is 3. The molecule has 2 unspecified atom stereocenters. The fraction of sp³-hybridized carbons (Fsp3) is 0.691. The van der Waals surface area contributed by atoms with Gasteiger partial charge < -0.3 is 28.6 Å². The number of hydrogen-bond acceptors (Lipinski definition) is 7. The van der Waals surface area contributed by atoms with E-state index in [4.69, 9.17) is 14.2 Å². The van der Waals surface area contributed by atoms with E-state index >= 15 is 0 Å². The molecular weight excluding hydrogens is 787 g/mol. The first-order valence-electron chi connectivity index (χ1n) is 25.1. The number of ether oxygens (including phenoxy) is 3. The number of carbonyl (C=O) groups is 3. The summed E-state index contributed by atoms with van der Waals surface area (Å²) in [5, 5.41) is 11.7. The number of quaternary nitrogens is 1. The topological polar surface area (TPSA) is 102 Å². The predicted octanol–water partition coefficient (Wildman–Crippen LogP) is 13.1. The molecule has 0 bridgehead atoms. The number of carboxylic acid groups (broad SMARTS) is 1. The molecule has 2 atom stereocenters. The molecule has 0 aromatic carbocycles. The van der Waals surface area contributed by atoms with Crippen molar-refractivity contribution in [1.29, 1.82) is 0 Å². The van der Waals surface area contributed by atoms with Gasteiger partial charge >= 0.3 is 11.9 Å². The van der Waals surface area contributed by atoms with Crippen molar-refractivity contribution < 1.29 is 38.2 Å². The lowest BCUT2D eigenvalue weighted by atomic mass is 10.1. The first kappa shape index (κ1) is 59.5. The molecule has 0 aromatic rings. The van der Waals surface area contributed by atoms with Crippen molar-refractivity contribution in [3.8, 4) is 0 Å². The average Bonchev–Trinajstić information content (AvgIpc) is 3.24. The summed E-state index contributed by atoms with van der Waals surface area (Å²) in [5.74, 6) is -1.79. The molecule has 8 nitrogen and oxygen atoms in total. The first-order chi connectivity index (χ1) is 30.6. The van der Waals surface area contributed by atoms with Crippen LogP contribution in [0.1, 0.15) is 194 Å². The lowest BCUT2D eigenvalue weighted by Crippen LogP contribution is -2.55. The largest absolute Gasteiger partial charge is 0.544 e. The van der Waals surface area contributed by atoms with Crippen molar-refractivity contribution in [3.05, 3.63) is 85.1 Å². The summed E-state index contributed by atoms with van der Waals surface area (Å²) in [6, 6.07) is -0.737. The molecular formula is C55H93NO7. The zero-order valence-electron chi connectivity index (χ0n) is 41.0. The average molecular weight is 880 g/mol. The Morgan fingerprint density at radius 2 is 0.937 bits per heavy atom. The summed E-state index contributed by atoms with van der Waals surface area (Å²) < 4.78 is 17.2. The second kappa shape index (κ2) is 45.1. The van der Waals surface area contributed by atoms with Crippen molar-refractivity contribution in [1.82, 2.24) is 0 Å². The third-order valence-corrected chi connectivity index (χ3v) is 10.8. The van der Waals surface area contributed by atoms with Crippen LogP contribution in [0.4, 0.5) is 0 Å². The minimum absolute atomic E-state index is 0.0221. The van der Waals surface area contributed by atoms with Crippen LogP contribution in [0.15, 0.2) is 85.1 Å². The number of carboxylic acids is 1. The van der Waals surface area contributed by atoms with Crippen LogP contribution in [-0.4, -0.2) is 75.5 Å². The SMILES string of the molecule is CC/C=C/C/C=C/C/C=C/C/C=C/C/C=C/CCCCCCCCCC(=O)OCC(COCCC(C(=O)[O-])[N+](C)(C)C)OC(=O)CCCCC/C=C/C=C/CCCCCCCCC. The Labute approximate surface area is 386 Å². The highest BCUT2D eigenvalue weighted by Gasteiger charge is 2.25. The van der Waals surface area contributed by atoms with Gasteiger partial charge in [-0.25, -0.2) is 0 Å². The van der Waals surface area contributed by atoms with Crippen LogP contribution in [0.5, 0.6) is 0 Å². The Morgan fingerprint density at radius 1 is 0.508 bits per heavy atom. The minimum atomic E-state index is -1.13. The van der Waals surface area contributed by atoms with Gasteiger partial charge in [0, 0.05) is 19.3 Å². The van der Waals surface area contributed by atoms with E-state index in [0.29, 0.717) is 6.42 Å². The van der Waals surface area contributed by atoms with Gasteiger partial charge in [-0.2, -0.15) is 0 Å². The van der Waals surface area contributed by atoms with E-state index < -0.39 is 18.1 Å².